The van der Waals surface area contributed by atoms with Crippen molar-refractivity contribution in [3.05, 3.63) is 35.4 Å². The van der Waals surface area contributed by atoms with Gasteiger partial charge in [0, 0.05) is 66.9 Å². The second-order valence-corrected chi connectivity index (χ2v) is 17.6. The van der Waals surface area contributed by atoms with Crippen LogP contribution in [0, 0.1) is 0 Å². The minimum absolute atomic E-state index is 0.338. The summed E-state index contributed by atoms with van der Waals surface area (Å²) in [5.74, 6) is -4.72. The van der Waals surface area contributed by atoms with Gasteiger partial charge in [-0.05, 0) is 11.1 Å². The molecule has 18 nitrogen and oxygen atoms in total. The van der Waals surface area contributed by atoms with Crippen LogP contribution in [0.2, 0.25) is 0 Å². The first-order valence-electron chi connectivity index (χ1n) is 17.6. The number of carbonyl (C=O) groups excluding carboxylic acids is 8. The maximum atomic E-state index is 12.2. The van der Waals surface area contributed by atoms with Crippen molar-refractivity contribution in [1.82, 2.24) is 0 Å². The monoisotopic (exact) mass is 894 g/mol. The van der Waals surface area contributed by atoms with E-state index in [4.69, 9.17) is 47.4 Å². The molecule has 58 heavy (non-hydrogen) atoms. The van der Waals surface area contributed by atoms with Crippen LogP contribution in [-0.2, 0) is 97.2 Å². The lowest BCUT2D eigenvalue weighted by molar-refractivity contribution is -0.237. The molecule has 0 saturated carbocycles. The average molecular weight is 895 g/mol. The highest BCUT2D eigenvalue weighted by Crippen LogP contribution is 2.42. The van der Waals surface area contributed by atoms with Gasteiger partial charge in [-0.15, -0.1) is 0 Å². The summed E-state index contributed by atoms with van der Waals surface area (Å²) in [6, 6.07) is 7.58. The smallest absolute Gasteiger partial charge is 0.303 e. The first kappa shape index (κ1) is 48.7. The second kappa shape index (κ2) is 23.8. The van der Waals surface area contributed by atoms with Gasteiger partial charge in [0.15, 0.2) is 47.5 Å². The SMILES string of the molecule is CC(=O)OC[C@H]1O[C@@H](SSCc2cccc(CSS[C@@H]3O[C@H](COC(C)=O)[C@@H](OC(C)=O)[C@H](OC(C)=O)[C@H]3OC(C)=O)c2)[C@H](OC(C)=O)[C@@H](OC(C)=O)[C@@H]1OC(C)=O. The fourth-order valence-electron chi connectivity index (χ4n) is 5.68. The Morgan fingerprint density at radius 3 is 1.09 bits per heavy atom. The zero-order valence-electron chi connectivity index (χ0n) is 32.9. The molecule has 2 saturated heterocycles. The molecule has 0 spiro atoms. The van der Waals surface area contributed by atoms with Crippen LogP contribution in [-0.4, -0.2) is 121 Å². The van der Waals surface area contributed by atoms with Gasteiger partial charge in [-0.1, -0.05) is 67.4 Å². The Kier molecular flexibility index (Phi) is 20.0. The number of hydrogen-bond acceptors (Lipinski definition) is 22. The Morgan fingerprint density at radius 1 is 0.466 bits per heavy atom. The summed E-state index contributed by atoms with van der Waals surface area (Å²) >= 11 is 0. The Labute approximate surface area is 350 Å². The van der Waals surface area contributed by atoms with E-state index >= 15 is 0 Å². The molecule has 2 aliphatic rings. The van der Waals surface area contributed by atoms with E-state index in [2.05, 4.69) is 0 Å². The van der Waals surface area contributed by atoms with Gasteiger partial charge >= 0.3 is 47.8 Å². The average Bonchev–Trinajstić information content (AvgIpc) is 3.10. The highest BCUT2D eigenvalue weighted by atomic mass is 33.1. The third-order valence-corrected chi connectivity index (χ3v) is 12.6. The first-order chi connectivity index (χ1) is 27.3. The lowest BCUT2D eigenvalue weighted by Crippen LogP contribution is -2.61. The lowest BCUT2D eigenvalue weighted by atomic mass is 9.99. The quantitative estimate of drug-likeness (QED) is 0.116. The van der Waals surface area contributed by atoms with Crippen LogP contribution >= 0.6 is 43.2 Å². The summed E-state index contributed by atoms with van der Waals surface area (Å²) in [6.07, 6.45) is -9.61. The van der Waals surface area contributed by atoms with E-state index < -0.39 is 107 Å². The fraction of sp³-hybridized carbons (Fsp3) is 0.611. The van der Waals surface area contributed by atoms with E-state index in [0.29, 0.717) is 11.5 Å². The third kappa shape index (κ3) is 16.2. The third-order valence-electron chi connectivity index (χ3n) is 7.66. The molecule has 0 bridgehead atoms. The van der Waals surface area contributed by atoms with Crippen LogP contribution < -0.4 is 0 Å². The molecule has 0 aromatic heterocycles. The molecule has 1 aromatic rings. The van der Waals surface area contributed by atoms with E-state index in [9.17, 15) is 38.4 Å². The van der Waals surface area contributed by atoms with E-state index in [-0.39, 0.29) is 13.2 Å². The van der Waals surface area contributed by atoms with E-state index in [1.165, 1.54) is 70.9 Å². The zero-order valence-corrected chi connectivity index (χ0v) is 36.2. The standard InChI is InChI=1S/C36H46O18S4/c1-17(37)45-13-27-29(47-19(3)39)31(49-21(5)41)33(51-23(7)43)35(53-27)57-55-15-25-10-9-11-26(12-25)16-56-58-36-34(52-24(8)44)32(50-22(6)42)30(48-20(4)40)28(54-36)14-46-18(2)38/h9-12,27-36H,13-16H2,1-8H3/t27-,28-,29-,30-,31+,32+,33-,34-,35+,36+/m1/s1. The molecule has 1 aromatic carbocycles. The Morgan fingerprint density at radius 2 is 0.776 bits per heavy atom. The van der Waals surface area contributed by atoms with E-state index in [0.717, 1.165) is 38.8 Å². The van der Waals surface area contributed by atoms with Crippen LogP contribution in [0.4, 0.5) is 0 Å². The van der Waals surface area contributed by atoms with Gasteiger partial charge in [0.2, 0.25) is 0 Å². The Balaban J connectivity index is 1.75. The number of ether oxygens (including phenoxy) is 10. The summed E-state index contributed by atoms with van der Waals surface area (Å²) in [6.45, 7) is 8.64. The minimum atomic E-state index is -1.28. The van der Waals surface area contributed by atoms with Crippen molar-refractivity contribution in [3.63, 3.8) is 0 Å². The predicted octanol–water partition coefficient (Wildman–Crippen LogP) is 3.62. The molecule has 0 unspecified atom stereocenters. The fourth-order valence-corrected chi connectivity index (χ4v) is 10.7. The molecule has 0 amide bonds. The Hall–Kier alpha value is -3.70. The molecule has 0 N–H and O–H groups in total. The summed E-state index contributed by atoms with van der Waals surface area (Å²) < 4.78 is 55.6. The summed E-state index contributed by atoms with van der Waals surface area (Å²) in [4.78, 5) is 96.0. The molecule has 2 aliphatic heterocycles. The minimum Gasteiger partial charge on any atom is -0.463 e. The van der Waals surface area contributed by atoms with Gasteiger partial charge in [-0.2, -0.15) is 0 Å². The van der Waals surface area contributed by atoms with Gasteiger partial charge in [0.1, 0.15) is 25.4 Å². The molecular weight excluding hydrogens is 849 g/mol. The van der Waals surface area contributed by atoms with E-state index in [1.54, 1.807) is 0 Å². The largest absolute Gasteiger partial charge is 0.463 e. The maximum Gasteiger partial charge on any atom is 0.303 e. The van der Waals surface area contributed by atoms with Crippen LogP contribution in [0.3, 0.4) is 0 Å². The van der Waals surface area contributed by atoms with Gasteiger partial charge in [-0.3, -0.25) is 38.4 Å². The van der Waals surface area contributed by atoms with Crippen LogP contribution in [0.15, 0.2) is 24.3 Å². The normalized spacial score (nSPS) is 26.6. The molecule has 0 aliphatic carbocycles. The number of hydrogen-bond donors (Lipinski definition) is 0. The molecule has 322 valence electrons. The number of rotatable bonds is 18. The summed E-state index contributed by atoms with van der Waals surface area (Å²) in [5, 5.41) is 0. The molecule has 22 heteroatoms. The molecule has 2 fully saturated rings. The van der Waals surface area contributed by atoms with Crippen molar-refractivity contribution < 1.29 is 85.7 Å². The second-order valence-electron chi connectivity index (χ2n) is 12.7. The number of esters is 8. The summed E-state index contributed by atoms with van der Waals surface area (Å²) in [5.41, 5.74) is -0.137. The predicted molar refractivity (Wildman–Crippen MR) is 208 cm³/mol. The van der Waals surface area contributed by atoms with Crippen molar-refractivity contribution in [2.45, 2.75) is 127 Å². The van der Waals surface area contributed by atoms with Crippen molar-refractivity contribution in [1.29, 1.82) is 0 Å². The van der Waals surface area contributed by atoms with Crippen molar-refractivity contribution in [2.75, 3.05) is 13.2 Å². The number of benzene rings is 1. The Bertz CT molecular complexity index is 1530. The zero-order chi connectivity index (χ0) is 43.1. The van der Waals surface area contributed by atoms with Gasteiger partial charge in [-0.25, -0.2) is 0 Å². The molecule has 2 heterocycles. The van der Waals surface area contributed by atoms with Gasteiger partial charge in [0.05, 0.1) is 0 Å². The maximum absolute atomic E-state index is 12.2. The van der Waals surface area contributed by atoms with Crippen LogP contribution in [0.1, 0.15) is 66.5 Å². The molecule has 10 atom stereocenters. The number of carbonyl (C=O) groups is 8. The lowest BCUT2D eigenvalue weighted by Gasteiger charge is -2.43. The van der Waals surface area contributed by atoms with Crippen molar-refractivity contribution in [3.8, 4) is 0 Å². The molecule has 0 radical (unpaired) electrons. The first-order valence-corrected chi connectivity index (χ1v) is 22.4. The van der Waals surface area contributed by atoms with Crippen molar-refractivity contribution >= 4 is 90.9 Å². The summed E-state index contributed by atoms with van der Waals surface area (Å²) in [7, 11) is 5.01. The van der Waals surface area contributed by atoms with Crippen LogP contribution in [0.25, 0.3) is 0 Å². The highest BCUT2D eigenvalue weighted by Gasteiger charge is 2.54. The van der Waals surface area contributed by atoms with Gasteiger partial charge in [0.25, 0.3) is 0 Å². The topological polar surface area (TPSA) is 229 Å². The molecular formula is C36H46O18S4. The van der Waals surface area contributed by atoms with Crippen molar-refractivity contribution in [2.24, 2.45) is 0 Å². The van der Waals surface area contributed by atoms with E-state index in [1.807, 2.05) is 24.3 Å². The molecule has 3 rings (SSSR count). The van der Waals surface area contributed by atoms with Gasteiger partial charge < -0.3 is 47.4 Å². The van der Waals surface area contributed by atoms with Crippen LogP contribution in [0.5, 0.6) is 0 Å². The highest BCUT2D eigenvalue weighted by molar-refractivity contribution is 8.76.